The summed E-state index contributed by atoms with van der Waals surface area (Å²) >= 11 is 0. The van der Waals surface area contributed by atoms with Gasteiger partial charge in [0, 0.05) is 0 Å². The van der Waals surface area contributed by atoms with E-state index in [0.29, 0.717) is 0 Å². The van der Waals surface area contributed by atoms with Crippen LogP contribution < -0.4 is 0 Å². The Bertz CT molecular complexity index is 6760. The highest BCUT2D eigenvalue weighted by Gasteiger charge is 2.21. The Morgan fingerprint density at radius 3 is 0.458 bits per heavy atom. The van der Waals surface area contributed by atoms with Gasteiger partial charge in [-0.15, -0.1) is 0 Å². The Balaban J connectivity index is 0.000000121. The quantitative estimate of drug-likeness (QED) is 0.154. The molecule has 96 heavy (non-hydrogen) atoms. The molecule has 0 aliphatic carbocycles. The normalized spacial score (nSPS) is 12.6. The summed E-state index contributed by atoms with van der Waals surface area (Å²) in [6.45, 7) is 0. The highest BCUT2D eigenvalue weighted by molar-refractivity contribution is 6.33. The van der Waals surface area contributed by atoms with E-state index in [-0.39, 0.29) is 0 Å². The van der Waals surface area contributed by atoms with Crippen molar-refractivity contribution in [2.24, 2.45) is 0 Å². The molecule has 0 radical (unpaired) electrons. The van der Waals surface area contributed by atoms with Gasteiger partial charge in [-0.25, -0.2) is 0 Å². The van der Waals surface area contributed by atoms with Crippen LogP contribution in [-0.4, -0.2) is 0 Å². The summed E-state index contributed by atoms with van der Waals surface area (Å²) in [6.07, 6.45) is 0. The summed E-state index contributed by atoms with van der Waals surface area (Å²) in [4.78, 5) is 0. The molecule has 0 aliphatic rings. The van der Waals surface area contributed by atoms with Crippen molar-refractivity contribution in [1.29, 1.82) is 0 Å². The van der Waals surface area contributed by atoms with E-state index in [4.69, 9.17) is 0 Å². The first kappa shape index (κ1) is 51.1. The van der Waals surface area contributed by atoms with Crippen LogP contribution in [0.5, 0.6) is 0 Å². The minimum atomic E-state index is 1.27. The van der Waals surface area contributed by atoms with Crippen LogP contribution in [0.2, 0.25) is 0 Å². The molecule has 0 N–H and O–H groups in total. The standard InChI is InChI=1S/2C48H26/c1-3-27-7-9-31-15-19-39(41-21-17-29(5-1)43(27)47(31)41)37-23-33-11-13-35-25-38(26-36-14-12-34(24-37)45(33)46(35)36)40-20-16-32-10-8-28-4-2-6-30-18-22-42(40)48(32)44(28)30;1-3-27-9-13-33-23-37(24-34-14-10-28(4-1)43(27)45(33)34)39-19-17-31-7-8-32-18-20-40(42-22-21-41(39)47(31)48(32)42)38-25-35-15-11-29-5-2-6-30-12-16-36(26-38)46(35)44(29)30/h2*1-26H. The topological polar surface area (TPSA) is 0 Å². The predicted octanol–water partition coefficient (Wildman–Crippen LogP) is 27.4. The molecule has 24 aromatic rings. The third-order valence-electron chi connectivity index (χ3n) is 22.4. The Labute approximate surface area is 550 Å². The third-order valence-corrected chi connectivity index (χ3v) is 22.4. The molecular weight excluding hydrogens is 1150 g/mol. The minimum Gasteiger partial charge on any atom is -0.0610 e. The zero-order valence-corrected chi connectivity index (χ0v) is 52.0. The highest BCUT2D eigenvalue weighted by Crippen LogP contribution is 2.49. The molecule has 0 saturated heterocycles. The first-order valence-corrected chi connectivity index (χ1v) is 33.7. The van der Waals surface area contributed by atoms with Gasteiger partial charge in [0.15, 0.2) is 0 Å². The van der Waals surface area contributed by atoms with Gasteiger partial charge in [0.05, 0.1) is 0 Å². The molecule has 0 unspecified atom stereocenters. The summed E-state index contributed by atoms with van der Waals surface area (Å²) in [5.41, 5.74) is 10.2. The average molecular weight is 1210 g/mol. The van der Waals surface area contributed by atoms with Crippen molar-refractivity contribution in [1.82, 2.24) is 0 Å². The fourth-order valence-electron chi connectivity index (χ4n) is 18.2. The summed E-state index contributed by atoms with van der Waals surface area (Å²) < 4.78 is 0. The van der Waals surface area contributed by atoms with Crippen molar-refractivity contribution >= 4 is 194 Å². The maximum Gasteiger partial charge on any atom is -0.00203 e. The van der Waals surface area contributed by atoms with Crippen LogP contribution >= 0.6 is 0 Å². The van der Waals surface area contributed by atoms with Gasteiger partial charge in [-0.1, -0.05) is 267 Å². The van der Waals surface area contributed by atoms with Crippen molar-refractivity contribution < 1.29 is 0 Å². The van der Waals surface area contributed by atoms with E-state index < -0.39 is 0 Å². The van der Waals surface area contributed by atoms with Crippen molar-refractivity contribution in [3.63, 3.8) is 0 Å². The monoisotopic (exact) mass is 1200 g/mol. The largest absolute Gasteiger partial charge is 0.0610 e. The lowest BCUT2D eigenvalue weighted by Crippen LogP contribution is -1.91. The predicted molar refractivity (Wildman–Crippen MR) is 417 cm³/mol. The fourth-order valence-corrected chi connectivity index (χ4v) is 18.2. The van der Waals surface area contributed by atoms with Crippen molar-refractivity contribution in [2.75, 3.05) is 0 Å². The summed E-state index contributed by atoms with van der Waals surface area (Å²) in [5, 5.41) is 47.6. The van der Waals surface area contributed by atoms with E-state index in [9.17, 15) is 0 Å². The summed E-state index contributed by atoms with van der Waals surface area (Å²) in [6, 6.07) is 119. The van der Waals surface area contributed by atoms with Gasteiger partial charge in [0.1, 0.15) is 0 Å². The molecule has 0 fully saturated rings. The van der Waals surface area contributed by atoms with Crippen LogP contribution in [-0.2, 0) is 0 Å². The van der Waals surface area contributed by atoms with Gasteiger partial charge in [0.25, 0.3) is 0 Å². The first-order chi connectivity index (χ1) is 47.5. The molecule has 0 spiro atoms. The molecule has 0 aliphatic heterocycles. The zero-order valence-electron chi connectivity index (χ0n) is 52.0. The van der Waals surface area contributed by atoms with Crippen molar-refractivity contribution in [3.8, 4) is 44.5 Å². The number of hydrogen-bond acceptors (Lipinski definition) is 0. The van der Waals surface area contributed by atoms with E-state index in [0.717, 1.165) is 0 Å². The van der Waals surface area contributed by atoms with Gasteiger partial charge in [-0.3, -0.25) is 0 Å². The van der Waals surface area contributed by atoms with Crippen molar-refractivity contribution in [3.05, 3.63) is 315 Å². The Hall–Kier alpha value is -12.5. The van der Waals surface area contributed by atoms with E-state index >= 15 is 0 Å². The minimum absolute atomic E-state index is 1.27. The average Bonchev–Trinajstić information content (AvgIpc) is 0.731. The molecule has 0 atom stereocenters. The lowest BCUT2D eigenvalue weighted by atomic mass is 9.85. The number of benzene rings is 24. The molecule has 0 heteroatoms. The Kier molecular flexibility index (Phi) is 9.92. The lowest BCUT2D eigenvalue weighted by molar-refractivity contribution is 1.70. The second-order valence-electron chi connectivity index (χ2n) is 27.3. The molecule has 0 saturated carbocycles. The van der Waals surface area contributed by atoms with Gasteiger partial charge in [-0.05, 0) is 287 Å². The van der Waals surface area contributed by atoms with Crippen LogP contribution in [0.4, 0.5) is 0 Å². The molecule has 24 aromatic carbocycles. The Morgan fingerprint density at radius 2 is 0.240 bits per heavy atom. The van der Waals surface area contributed by atoms with Gasteiger partial charge in [-0.2, -0.15) is 0 Å². The number of hydrogen-bond donors (Lipinski definition) is 0. The second kappa shape index (κ2) is 18.6. The zero-order chi connectivity index (χ0) is 62.2. The van der Waals surface area contributed by atoms with Crippen LogP contribution in [0.1, 0.15) is 0 Å². The SMILES string of the molecule is c1cc2ccc3cc(-c4ccc5ccc6ccc(-c7cc8ccc9cccc%10ccc(c7)c8c9%10)c7ccc4c5c67)cc4ccc(c1)c2c34.c1cc2ccc3ccc(-c4cc5ccc6cc(-c7ccc8ccc9cccc%10ccc7c8c9%10)cc7ccc(c4)c5c67)c4ccc(c1)c2c34. The lowest BCUT2D eigenvalue weighted by Gasteiger charge is -2.18. The molecule has 0 aromatic heterocycles. The maximum absolute atomic E-state index is 2.40. The van der Waals surface area contributed by atoms with E-state index in [1.165, 1.54) is 238 Å². The molecule has 0 amide bonds. The van der Waals surface area contributed by atoms with E-state index in [1.54, 1.807) is 0 Å². The molecule has 0 nitrogen and oxygen atoms in total. The molecule has 436 valence electrons. The van der Waals surface area contributed by atoms with Crippen LogP contribution in [0.15, 0.2) is 315 Å². The first-order valence-electron chi connectivity index (χ1n) is 33.7. The van der Waals surface area contributed by atoms with Gasteiger partial charge < -0.3 is 0 Å². The van der Waals surface area contributed by atoms with Crippen LogP contribution in [0.25, 0.3) is 238 Å². The smallest absolute Gasteiger partial charge is 0.00203 e. The molecular formula is C96H52. The van der Waals surface area contributed by atoms with Crippen LogP contribution in [0, 0.1) is 0 Å². The van der Waals surface area contributed by atoms with E-state index in [1.807, 2.05) is 0 Å². The number of rotatable bonds is 4. The highest BCUT2D eigenvalue weighted by atomic mass is 14.2. The summed E-state index contributed by atoms with van der Waals surface area (Å²) in [5.74, 6) is 0. The van der Waals surface area contributed by atoms with E-state index in [2.05, 4.69) is 315 Å². The molecule has 0 heterocycles. The fraction of sp³-hybridized carbons (Fsp3) is 0. The summed E-state index contributed by atoms with van der Waals surface area (Å²) in [7, 11) is 0. The maximum atomic E-state index is 2.40. The molecule has 0 bridgehead atoms. The van der Waals surface area contributed by atoms with Gasteiger partial charge >= 0.3 is 0 Å². The van der Waals surface area contributed by atoms with Crippen LogP contribution in [0.3, 0.4) is 0 Å². The van der Waals surface area contributed by atoms with Crippen molar-refractivity contribution in [2.45, 2.75) is 0 Å². The molecule has 24 rings (SSSR count). The second-order valence-corrected chi connectivity index (χ2v) is 27.3. The Morgan fingerprint density at radius 1 is 0.104 bits per heavy atom. The van der Waals surface area contributed by atoms with Gasteiger partial charge in [0.2, 0.25) is 0 Å². The third kappa shape index (κ3) is 6.96.